The van der Waals surface area contributed by atoms with Gasteiger partial charge in [0.2, 0.25) is 0 Å². The predicted molar refractivity (Wildman–Crippen MR) is 48.6 cm³/mol. The average Bonchev–Trinajstić information content (AvgIpc) is 2.11. The lowest BCUT2D eigenvalue weighted by Crippen LogP contribution is -2.15. The largest absolute Gasteiger partial charge is 0.481 e. The van der Waals surface area contributed by atoms with Crippen molar-refractivity contribution in [1.82, 2.24) is 0 Å². The highest BCUT2D eigenvalue weighted by Crippen LogP contribution is 2.18. The van der Waals surface area contributed by atoms with Gasteiger partial charge in [-0.05, 0) is 24.1 Å². The molecule has 1 aromatic carbocycles. The maximum absolute atomic E-state index is 12.9. The van der Waals surface area contributed by atoms with E-state index >= 15 is 0 Å². The molecular formula is C10H11FO3. The Morgan fingerprint density at radius 2 is 2.21 bits per heavy atom. The maximum Gasteiger partial charge on any atom is 0.313 e. The zero-order valence-corrected chi connectivity index (χ0v) is 7.70. The Morgan fingerprint density at radius 1 is 1.57 bits per heavy atom. The minimum absolute atomic E-state index is 0.377. The quantitative estimate of drug-likeness (QED) is 0.769. The standard InChI is InChI=1S/C10H11FO3/c1-6-4-7(2-3-9(6)11)8(5-12)10(13)14/h2-4,8,12H,5H2,1H3,(H,13,14). The molecule has 0 heterocycles. The van der Waals surface area contributed by atoms with Crippen LogP contribution in [0.15, 0.2) is 18.2 Å². The summed E-state index contributed by atoms with van der Waals surface area (Å²) in [7, 11) is 0. The summed E-state index contributed by atoms with van der Waals surface area (Å²) < 4.78 is 12.9. The zero-order valence-electron chi connectivity index (χ0n) is 7.70. The predicted octanol–water partition coefficient (Wildman–Crippen LogP) is 1.29. The fraction of sp³-hybridized carbons (Fsp3) is 0.300. The van der Waals surface area contributed by atoms with Crippen molar-refractivity contribution in [2.24, 2.45) is 0 Å². The second-order valence-corrected chi connectivity index (χ2v) is 3.08. The summed E-state index contributed by atoms with van der Waals surface area (Å²) in [5.74, 6) is -2.47. The molecule has 1 aromatic rings. The van der Waals surface area contributed by atoms with E-state index in [9.17, 15) is 9.18 Å². The van der Waals surface area contributed by atoms with Crippen LogP contribution >= 0.6 is 0 Å². The lowest BCUT2D eigenvalue weighted by molar-refractivity contribution is -0.139. The van der Waals surface area contributed by atoms with E-state index < -0.39 is 18.5 Å². The Labute approximate surface area is 80.8 Å². The summed E-state index contributed by atoms with van der Waals surface area (Å²) in [6.45, 7) is 1.07. The van der Waals surface area contributed by atoms with Gasteiger partial charge in [0.15, 0.2) is 0 Å². The first-order chi connectivity index (χ1) is 6.56. The fourth-order valence-corrected chi connectivity index (χ4v) is 1.21. The number of aliphatic hydroxyl groups is 1. The van der Waals surface area contributed by atoms with Crippen LogP contribution in [0, 0.1) is 12.7 Å². The summed E-state index contributed by atoms with van der Waals surface area (Å²) in [5.41, 5.74) is 0.793. The van der Waals surface area contributed by atoms with Crippen molar-refractivity contribution in [2.45, 2.75) is 12.8 Å². The number of aryl methyl sites for hydroxylation is 1. The van der Waals surface area contributed by atoms with Crippen molar-refractivity contribution in [3.8, 4) is 0 Å². The SMILES string of the molecule is Cc1cc(C(CO)C(=O)O)ccc1F. The summed E-state index contributed by atoms with van der Waals surface area (Å²) in [5, 5.41) is 17.6. The Balaban J connectivity index is 3.06. The molecule has 14 heavy (non-hydrogen) atoms. The van der Waals surface area contributed by atoms with E-state index in [0.29, 0.717) is 11.1 Å². The van der Waals surface area contributed by atoms with Gasteiger partial charge in [0.05, 0.1) is 6.61 Å². The third-order valence-electron chi connectivity index (χ3n) is 2.07. The molecule has 1 rings (SSSR count). The van der Waals surface area contributed by atoms with Gasteiger partial charge in [0.25, 0.3) is 0 Å². The van der Waals surface area contributed by atoms with Crippen LogP contribution in [0.2, 0.25) is 0 Å². The molecule has 0 aromatic heterocycles. The van der Waals surface area contributed by atoms with Gasteiger partial charge in [0.1, 0.15) is 11.7 Å². The topological polar surface area (TPSA) is 57.5 Å². The Kier molecular flexibility index (Phi) is 3.19. The Bertz CT molecular complexity index is 349. The highest BCUT2D eigenvalue weighted by atomic mass is 19.1. The van der Waals surface area contributed by atoms with Crippen LogP contribution in [-0.2, 0) is 4.79 Å². The second kappa shape index (κ2) is 4.19. The number of hydrogen-bond donors (Lipinski definition) is 2. The number of benzene rings is 1. The minimum Gasteiger partial charge on any atom is -0.481 e. The molecule has 1 unspecified atom stereocenters. The molecule has 3 nitrogen and oxygen atoms in total. The third kappa shape index (κ3) is 2.09. The molecule has 0 saturated carbocycles. The van der Waals surface area contributed by atoms with Crippen molar-refractivity contribution in [2.75, 3.05) is 6.61 Å². The van der Waals surface area contributed by atoms with E-state index in [2.05, 4.69) is 0 Å². The summed E-state index contributed by atoms with van der Waals surface area (Å²) in [6, 6.07) is 4.01. The van der Waals surface area contributed by atoms with E-state index in [-0.39, 0.29) is 5.82 Å². The van der Waals surface area contributed by atoms with Gasteiger partial charge in [-0.25, -0.2) is 4.39 Å². The molecule has 0 spiro atoms. The number of carboxylic acid groups (broad SMARTS) is 1. The van der Waals surface area contributed by atoms with Crippen molar-refractivity contribution in [3.05, 3.63) is 35.1 Å². The van der Waals surface area contributed by atoms with Gasteiger partial charge in [-0.2, -0.15) is 0 Å². The van der Waals surface area contributed by atoms with E-state index in [0.717, 1.165) is 0 Å². The van der Waals surface area contributed by atoms with Gasteiger partial charge in [0, 0.05) is 0 Å². The number of halogens is 1. The molecule has 0 bridgehead atoms. The lowest BCUT2D eigenvalue weighted by Gasteiger charge is -2.10. The van der Waals surface area contributed by atoms with E-state index in [1.165, 1.54) is 18.2 Å². The molecule has 0 fully saturated rings. The van der Waals surface area contributed by atoms with Gasteiger partial charge in [-0.3, -0.25) is 4.79 Å². The number of hydrogen-bond acceptors (Lipinski definition) is 2. The second-order valence-electron chi connectivity index (χ2n) is 3.08. The summed E-state index contributed by atoms with van der Waals surface area (Å²) in [6.07, 6.45) is 0. The molecule has 0 radical (unpaired) electrons. The number of carboxylic acids is 1. The number of aliphatic hydroxyl groups excluding tert-OH is 1. The van der Waals surface area contributed by atoms with E-state index in [1.807, 2.05) is 0 Å². The van der Waals surface area contributed by atoms with Gasteiger partial charge in [-0.15, -0.1) is 0 Å². The van der Waals surface area contributed by atoms with Crippen LogP contribution < -0.4 is 0 Å². The van der Waals surface area contributed by atoms with Crippen LogP contribution in [0.25, 0.3) is 0 Å². The van der Waals surface area contributed by atoms with Crippen molar-refractivity contribution in [1.29, 1.82) is 0 Å². The fourth-order valence-electron chi connectivity index (χ4n) is 1.21. The van der Waals surface area contributed by atoms with Crippen LogP contribution in [0.4, 0.5) is 4.39 Å². The molecule has 0 aliphatic rings. The molecule has 1 atom stereocenters. The molecule has 4 heteroatoms. The molecule has 0 saturated heterocycles. The monoisotopic (exact) mass is 198 g/mol. The molecule has 76 valence electrons. The smallest absolute Gasteiger partial charge is 0.313 e. The maximum atomic E-state index is 12.9. The van der Waals surface area contributed by atoms with Crippen molar-refractivity contribution in [3.63, 3.8) is 0 Å². The first kappa shape index (κ1) is 10.7. The van der Waals surface area contributed by atoms with Crippen LogP contribution in [0.1, 0.15) is 17.0 Å². The van der Waals surface area contributed by atoms with Gasteiger partial charge >= 0.3 is 5.97 Å². The van der Waals surface area contributed by atoms with E-state index in [4.69, 9.17) is 10.2 Å². The summed E-state index contributed by atoms with van der Waals surface area (Å²) >= 11 is 0. The molecule has 2 N–H and O–H groups in total. The average molecular weight is 198 g/mol. The molecular weight excluding hydrogens is 187 g/mol. The minimum atomic E-state index is -1.11. The summed E-state index contributed by atoms with van der Waals surface area (Å²) in [4.78, 5) is 10.7. The van der Waals surface area contributed by atoms with Crippen molar-refractivity contribution >= 4 is 5.97 Å². The van der Waals surface area contributed by atoms with E-state index in [1.54, 1.807) is 6.92 Å². The van der Waals surface area contributed by atoms with Gasteiger partial charge < -0.3 is 10.2 Å². The number of aliphatic carboxylic acids is 1. The Morgan fingerprint density at radius 3 is 2.64 bits per heavy atom. The third-order valence-corrected chi connectivity index (χ3v) is 2.07. The zero-order chi connectivity index (χ0) is 10.7. The number of carbonyl (C=O) groups is 1. The highest BCUT2D eigenvalue weighted by Gasteiger charge is 2.19. The molecule has 0 aliphatic carbocycles. The number of rotatable bonds is 3. The Hall–Kier alpha value is -1.42. The van der Waals surface area contributed by atoms with Crippen LogP contribution in [-0.4, -0.2) is 22.8 Å². The first-order valence-electron chi connectivity index (χ1n) is 4.16. The van der Waals surface area contributed by atoms with Gasteiger partial charge in [-0.1, -0.05) is 12.1 Å². The molecule has 0 aliphatic heterocycles. The van der Waals surface area contributed by atoms with Crippen LogP contribution in [0.3, 0.4) is 0 Å². The van der Waals surface area contributed by atoms with Crippen LogP contribution in [0.5, 0.6) is 0 Å². The first-order valence-corrected chi connectivity index (χ1v) is 4.16. The molecule has 0 amide bonds. The highest BCUT2D eigenvalue weighted by molar-refractivity contribution is 5.76. The normalized spacial score (nSPS) is 12.5. The lowest BCUT2D eigenvalue weighted by atomic mass is 9.98. The van der Waals surface area contributed by atoms with Crippen molar-refractivity contribution < 1.29 is 19.4 Å².